The number of carbonyl (C=O) groups excluding carboxylic acids is 4. The topological polar surface area (TPSA) is 145 Å². The number of carbonyl (C=O) groups is 4. The fourth-order valence-corrected chi connectivity index (χ4v) is 3.38. The maximum atomic E-state index is 12.5. The van der Waals surface area contributed by atoms with E-state index in [1.54, 1.807) is 6.92 Å². The second-order valence-electron chi connectivity index (χ2n) is 7.09. The van der Waals surface area contributed by atoms with Crippen LogP contribution >= 0.6 is 11.6 Å². The van der Waals surface area contributed by atoms with Gasteiger partial charge in [-0.3, -0.25) is 29.3 Å². The highest BCUT2D eigenvalue weighted by molar-refractivity contribution is 6.32. The van der Waals surface area contributed by atoms with Crippen LogP contribution in [0.2, 0.25) is 5.02 Å². The molecule has 1 saturated heterocycles. The minimum atomic E-state index is -1.07. The standard InChI is InChI=1S/C20H24ClN3O8/c1-3-31-20(28)13-6-8-23(9-7-13)19(27)12(2)32-17(25)11-22-18(26)14-4-5-15(21)16(10-14)24(29)30/h4-5,10,12-13H,3,6-9,11H2,1-2H3,(H,22,26). The van der Waals surface area contributed by atoms with Crippen LogP contribution in [0.15, 0.2) is 18.2 Å². The highest BCUT2D eigenvalue weighted by atomic mass is 35.5. The minimum absolute atomic E-state index is 0.0532. The van der Waals surface area contributed by atoms with Crippen molar-refractivity contribution >= 4 is 41.0 Å². The number of rotatable bonds is 8. The van der Waals surface area contributed by atoms with Crippen molar-refractivity contribution in [2.45, 2.75) is 32.8 Å². The summed E-state index contributed by atoms with van der Waals surface area (Å²) in [5, 5.41) is 13.1. The number of hydrogen-bond acceptors (Lipinski definition) is 8. The van der Waals surface area contributed by atoms with E-state index in [9.17, 15) is 29.3 Å². The van der Waals surface area contributed by atoms with Crippen molar-refractivity contribution in [3.8, 4) is 0 Å². The van der Waals surface area contributed by atoms with Gasteiger partial charge in [0.2, 0.25) is 0 Å². The largest absolute Gasteiger partial charge is 0.466 e. The zero-order chi connectivity index (χ0) is 23.8. The molecule has 0 saturated carbocycles. The Morgan fingerprint density at radius 2 is 1.94 bits per heavy atom. The summed E-state index contributed by atoms with van der Waals surface area (Å²) in [6.07, 6.45) is -0.140. The van der Waals surface area contributed by atoms with Crippen molar-refractivity contribution in [2.24, 2.45) is 5.92 Å². The Bertz CT molecular complexity index is 899. The van der Waals surface area contributed by atoms with Crippen LogP contribution in [-0.4, -0.2) is 65.9 Å². The van der Waals surface area contributed by atoms with Crippen LogP contribution in [0, 0.1) is 16.0 Å². The Morgan fingerprint density at radius 3 is 2.53 bits per heavy atom. The Balaban J connectivity index is 1.81. The molecule has 0 aromatic heterocycles. The summed E-state index contributed by atoms with van der Waals surface area (Å²) in [4.78, 5) is 60.1. The molecule has 0 radical (unpaired) electrons. The Labute approximate surface area is 189 Å². The first-order valence-corrected chi connectivity index (χ1v) is 10.4. The molecule has 1 aliphatic rings. The van der Waals surface area contributed by atoms with E-state index in [0.717, 1.165) is 6.07 Å². The van der Waals surface area contributed by atoms with E-state index in [2.05, 4.69) is 5.32 Å². The molecule has 174 valence electrons. The van der Waals surface area contributed by atoms with Gasteiger partial charge in [0.25, 0.3) is 17.5 Å². The summed E-state index contributed by atoms with van der Waals surface area (Å²) in [6, 6.07) is 3.48. The van der Waals surface area contributed by atoms with Crippen LogP contribution in [0.25, 0.3) is 0 Å². The third-order valence-electron chi connectivity index (χ3n) is 4.88. The highest BCUT2D eigenvalue weighted by Gasteiger charge is 2.31. The number of nitro benzene ring substituents is 1. The maximum Gasteiger partial charge on any atom is 0.326 e. The summed E-state index contributed by atoms with van der Waals surface area (Å²) < 4.78 is 10.1. The van der Waals surface area contributed by atoms with Crippen molar-refractivity contribution in [1.82, 2.24) is 10.2 Å². The van der Waals surface area contributed by atoms with Crippen LogP contribution in [0.3, 0.4) is 0 Å². The van der Waals surface area contributed by atoms with Crippen LogP contribution in [-0.2, 0) is 23.9 Å². The van der Waals surface area contributed by atoms with Gasteiger partial charge in [-0.25, -0.2) is 0 Å². The van der Waals surface area contributed by atoms with Gasteiger partial charge in [0, 0.05) is 24.7 Å². The molecule has 0 bridgehead atoms. The number of ether oxygens (including phenoxy) is 2. The van der Waals surface area contributed by atoms with E-state index in [1.807, 2.05) is 0 Å². The molecule has 1 fully saturated rings. The molecule has 1 heterocycles. The summed E-state index contributed by atoms with van der Waals surface area (Å²) in [5.41, 5.74) is -0.490. The van der Waals surface area contributed by atoms with Gasteiger partial charge in [-0.15, -0.1) is 0 Å². The van der Waals surface area contributed by atoms with Gasteiger partial charge in [-0.2, -0.15) is 0 Å². The lowest BCUT2D eigenvalue weighted by atomic mass is 9.97. The first-order valence-electron chi connectivity index (χ1n) is 10.0. The van der Waals surface area contributed by atoms with Crippen molar-refractivity contribution in [3.05, 3.63) is 38.9 Å². The number of hydrogen-bond donors (Lipinski definition) is 1. The Kier molecular flexibility index (Phi) is 8.94. The third-order valence-corrected chi connectivity index (χ3v) is 5.20. The minimum Gasteiger partial charge on any atom is -0.466 e. The number of likely N-dealkylation sites (tertiary alicyclic amines) is 1. The number of nitro groups is 1. The SMILES string of the molecule is CCOC(=O)C1CCN(C(=O)C(C)OC(=O)CNC(=O)c2ccc(Cl)c([N+](=O)[O-])c2)CC1. The fourth-order valence-electron chi connectivity index (χ4n) is 3.19. The molecular formula is C20H24ClN3O8. The number of piperidine rings is 1. The number of esters is 2. The van der Waals surface area contributed by atoms with Gasteiger partial charge >= 0.3 is 11.9 Å². The van der Waals surface area contributed by atoms with E-state index >= 15 is 0 Å². The van der Waals surface area contributed by atoms with Crippen molar-refractivity contribution in [1.29, 1.82) is 0 Å². The van der Waals surface area contributed by atoms with Gasteiger partial charge in [-0.1, -0.05) is 11.6 Å². The number of amides is 2. The van der Waals surface area contributed by atoms with Gasteiger partial charge in [0.05, 0.1) is 17.4 Å². The number of halogens is 1. The van der Waals surface area contributed by atoms with Gasteiger partial charge in [-0.05, 0) is 38.8 Å². The van der Waals surface area contributed by atoms with Crippen LogP contribution < -0.4 is 5.32 Å². The lowest BCUT2D eigenvalue weighted by molar-refractivity contribution is -0.384. The predicted molar refractivity (Wildman–Crippen MR) is 112 cm³/mol. The van der Waals surface area contributed by atoms with Crippen molar-refractivity contribution in [3.63, 3.8) is 0 Å². The quantitative estimate of drug-likeness (QED) is 0.344. The summed E-state index contributed by atoms with van der Waals surface area (Å²) in [6.45, 7) is 3.61. The highest BCUT2D eigenvalue weighted by Crippen LogP contribution is 2.25. The monoisotopic (exact) mass is 469 g/mol. The summed E-state index contributed by atoms with van der Waals surface area (Å²) in [5.74, 6) is -2.51. The fraction of sp³-hybridized carbons (Fsp3) is 0.500. The number of benzene rings is 1. The zero-order valence-corrected chi connectivity index (χ0v) is 18.4. The van der Waals surface area contributed by atoms with E-state index < -0.39 is 41.0 Å². The normalized spacial score (nSPS) is 14.9. The molecule has 1 atom stereocenters. The van der Waals surface area contributed by atoms with E-state index in [4.69, 9.17) is 21.1 Å². The molecule has 1 unspecified atom stereocenters. The van der Waals surface area contributed by atoms with Gasteiger partial charge in [0.15, 0.2) is 6.10 Å². The third kappa shape index (κ3) is 6.64. The van der Waals surface area contributed by atoms with Crippen LogP contribution in [0.4, 0.5) is 5.69 Å². The molecule has 2 rings (SSSR count). The lowest BCUT2D eigenvalue weighted by Crippen LogP contribution is -2.46. The molecule has 0 aliphatic carbocycles. The van der Waals surface area contributed by atoms with E-state index in [1.165, 1.54) is 24.0 Å². The molecule has 1 aliphatic heterocycles. The Hall–Kier alpha value is -3.21. The van der Waals surface area contributed by atoms with Crippen molar-refractivity contribution < 1.29 is 33.6 Å². The van der Waals surface area contributed by atoms with Gasteiger partial charge < -0.3 is 19.7 Å². The molecular weight excluding hydrogens is 446 g/mol. The van der Waals surface area contributed by atoms with E-state index in [-0.39, 0.29) is 22.5 Å². The molecule has 2 amide bonds. The van der Waals surface area contributed by atoms with E-state index in [0.29, 0.717) is 32.5 Å². The lowest BCUT2D eigenvalue weighted by Gasteiger charge is -2.32. The summed E-state index contributed by atoms with van der Waals surface area (Å²) >= 11 is 5.71. The molecule has 1 aromatic rings. The Morgan fingerprint density at radius 1 is 1.28 bits per heavy atom. The zero-order valence-electron chi connectivity index (χ0n) is 17.7. The molecule has 12 heteroatoms. The summed E-state index contributed by atoms with van der Waals surface area (Å²) in [7, 11) is 0. The number of nitrogens with zero attached hydrogens (tertiary/aromatic N) is 2. The van der Waals surface area contributed by atoms with Crippen LogP contribution in [0.1, 0.15) is 37.0 Å². The molecule has 0 spiro atoms. The molecule has 1 aromatic carbocycles. The van der Waals surface area contributed by atoms with Gasteiger partial charge in [0.1, 0.15) is 11.6 Å². The second kappa shape index (κ2) is 11.4. The average molecular weight is 470 g/mol. The smallest absolute Gasteiger partial charge is 0.326 e. The average Bonchev–Trinajstić information content (AvgIpc) is 2.77. The predicted octanol–water partition coefficient (Wildman–Crippen LogP) is 1.71. The molecule has 32 heavy (non-hydrogen) atoms. The first-order chi connectivity index (χ1) is 15.1. The van der Waals surface area contributed by atoms with Crippen molar-refractivity contribution in [2.75, 3.05) is 26.2 Å². The number of nitrogens with one attached hydrogen (secondary N) is 1. The van der Waals surface area contributed by atoms with Crippen LogP contribution in [0.5, 0.6) is 0 Å². The maximum absolute atomic E-state index is 12.5. The first kappa shape index (κ1) is 25.1. The molecule has 1 N–H and O–H groups in total. The second-order valence-corrected chi connectivity index (χ2v) is 7.50. The molecule has 11 nitrogen and oxygen atoms in total.